The summed E-state index contributed by atoms with van der Waals surface area (Å²) in [4.78, 5) is 28.6. The molecule has 4 rings (SSSR count). The van der Waals surface area contributed by atoms with Crippen LogP contribution in [0, 0.1) is 0 Å². The molecule has 1 aliphatic heterocycles. The maximum atomic E-state index is 12.3. The predicted octanol–water partition coefficient (Wildman–Crippen LogP) is 3.77. The van der Waals surface area contributed by atoms with Gasteiger partial charge in [0, 0.05) is 36.9 Å². The summed E-state index contributed by atoms with van der Waals surface area (Å²) < 4.78 is 0.703. The van der Waals surface area contributed by atoms with Crippen LogP contribution in [0.2, 0.25) is 0 Å². The van der Waals surface area contributed by atoms with Crippen LogP contribution in [0.1, 0.15) is 39.0 Å². The number of nitrogens with one attached hydrogen (secondary N) is 1. The second kappa shape index (κ2) is 9.13. The van der Waals surface area contributed by atoms with E-state index >= 15 is 0 Å². The van der Waals surface area contributed by atoms with E-state index in [1.54, 1.807) is 4.90 Å². The van der Waals surface area contributed by atoms with Gasteiger partial charge in [0.1, 0.15) is 0 Å². The molecule has 0 radical (unpaired) electrons. The fourth-order valence-electron chi connectivity index (χ4n) is 3.38. The number of hydrogen-bond donors (Lipinski definition) is 1. The van der Waals surface area contributed by atoms with Crippen molar-refractivity contribution in [1.29, 1.82) is 0 Å². The summed E-state index contributed by atoms with van der Waals surface area (Å²) >= 11 is 2.73. The first-order valence-electron chi connectivity index (χ1n) is 10.1. The van der Waals surface area contributed by atoms with Crippen molar-refractivity contribution in [2.24, 2.45) is 0 Å². The maximum Gasteiger partial charge on any atom is 0.234 e. The number of benzene rings is 1. The number of thioether (sulfide) groups is 1. The summed E-state index contributed by atoms with van der Waals surface area (Å²) in [5, 5.41) is 11.9. The molecule has 1 aromatic carbocycles. The number of carbonyl (C=O) groups is 2. The Labute approximate surface area is 178 Å². The molecule has 2 amide bonds. The first-order valence-corrected chi connectivity index (χ1v) is 11.9. The Morgan fingerprint density at radius 1 is 1.21 bits per heavy atom. The summed E-state index contributed by atoms with van der Waals surface area (Å²) in [6.07, 6.45) is 4.99. The summed E-state index contributed by atoms with van der Waals surface area (Å²) in [5.74, 6) is 0.257. The van der Waals surface area contributed by atoms with Crippen molar-refractivity contribution in [3.05, 3.63) is 24.3 Å². The molecule has 1 N–H and O–H groups in total. The van der Waals surface area contributed by atoms with Gasteiger partial charge in [0.05, 0.1) is 5.75 Å². The van der Waals surface area contributed by atoms with E-state index in [0.29, 0.717) is 15.9 Å². The van der Waals surface area contributed by atoms with Crippen molar-refractivity contribution >= 4 is 51.4 Å². The summed E-state index contributed by atoms with van der Waals surface area (Å²) in [7, 11) is 0. The highest BCUT2D eigenvalue weighted by Crippen LogP contribution is 2.36. The minimum Gasteiger partial charge on any atom is -0.372 e. The Balaban J connectivity index is 1.28. The normalized spacial score (nSPS) is 16.1. The smallest absolute Gasteiger partial charge is 0.234 e. The molecule has 9 heteroatoms. The van der Waals surface area contributed by atoms with Crippen LogP contribution in [0.15, 0.2) is 28.6 Å². The number of carbonyl (C=O) groups excluding carboxylic acids is 2. The zero-order chi connectivity index (χ0) is 20.2. The van der Waals surface area contributed by atoms with Crippen molar-refractivity contribution in [3.8, 4) is 0 Å². The molecule has 0 atom stereocenters. The van der Waals surface area contributed by atoms with Crippen molar-refractivity contribution < 1.29 is 9.59 Å². The third-order valence-corrected chi connectivity index (χ3v) is 7.09. The zero-order valence-electron chi connectivity index (χ0n) is 16.5. The molecule has 2 heterocycles. The van der Waals surface area contributed by atoms with Gasteiger partial charge in [0.2, 0.25) is 16.9 Å². The van der Waals surface area contributed by atoms with Crippen LogP contribution < -0.4 is 15.1 Å². The number of nitrogens with zero attached hydrogens (tertiary/aromatic N) is 4. The van der Waals surface area contributed by atoms with Gasteiger partial charge in [-0.05, 0) is 49.9 Å². The lowest BCUT2D eigenvalue weighted by Crippen LogP contribution is -2.32. The van der Waals surface area contributed by atoms with Gasteiger partial charge in [-0.15, -0.1) is 10.2 Å². The molecule has 154 valence electrons. The molecule has 7 nitrogen and oxygen atoms in total. The van der Waals surface area contributed by atoms with Crippen LogP contribution in [-0.4, -0.2) is 46.9 Å². The number of hydrogen-bond acceptors (Lipinski definition) is 7. The average molecular weight is 432 g/mol. The standard InChI is InChI=1S/C20H25N5O2S2/c1-2-18(27)25(16-9-10-16)19-22-23-20(29-19)28-13-17(26)21-14-5-7-15(8-6-14)24-11-3-4-12-24/h5-8,16H,2-4,9-13H2,1H3,(H,21,26). The molecule has 2 aromatic rings. The Morgan fingerprint density at radius 3 is 2.59 bits per heavy atom. The van der Waals surface area contributed by atoms with E-state index < -0.39 is 0 Å². The zero-order valence-corrected chi connectivity index (χ0v) is 18.1. The lowest BCUT2D eigenvalue weighted by Gasteiger charge is -2.17. The second-order valence-electron chi connectivity index (χ2n) is 7.28. The molecule has 1 saturated carbocycles. The Hall–Kier alpha value is -2.13. The lowest BCUT2D eigenvalue weighted by atomic mass is 10.2. The molecule has 0 spiro atoms. The van der Waals surface area contributed by atoms with E-state index in [9.17, 15) is 9.59 Å². The molecular weight excluding hydrogens is 406 g/mol. The number of aromatic nitrogens is 2. The largest absolute Gasteiger partial charge is 0.372 e. The van der Waals surface area contributed by atoms with E-state index in [1.807, 2.05) is 19.1 Å². The Morgan fingerprint density at radius 2 is 1.93 bits per heavy atom. The van der Waals surface area contributed by atoms with Gasteiger partial charge >= 0.3 is 0 Å². The van der Waals surface area contributed by atoms with Crippen LogP contribution in [-0.2, 0) is 9.59 Å². The summed E-state index contributed by atoms with van der Waals surface area (Å²) in [6, 6.07) is 8.27. The van der Waals surface area contributed by atoms with Crippen LogP contribution in [0.4, 0.5) is 16.5 Å². The minimum absolute atomic E-state index is 0.0790. The maximum absolute atomic E-state index is 12.3. The van der Waals surface area contributed by atoms with Gasteiger partial charge in [-0.25, -0.2) is 0 Å². The van der Waals surface area contributed by atoms with Gasteiger partial charge in [-0.2, -0.15) is 0 Å². The first kappa shape index (κ1) is 20.2. The highest BCUT2D eigenvalue weighted by atomic mass is 32.2. The SMILES string of the molecule is CCC(=O)N(c1nnc(SCC(=O)Nc2ccc(N3CCCC3)cc2)s1)C1CC1. The number of amides is 2. The quantitative estimate of drug-likeness (QED) is 0.506. The summed E-state index contributed by atoms with van der Waals surface area (Å²) in [5.41, 5.74) is 2.00. The fraction of sp³-hybridized carbons (Fsp3) is 0.500. The van der Waals surface area contributed by atoms with Gasteiger partial charge in [0.25, 0.3) is 0 Å². The van der Waals surface area contributed by atoms with Gasteiger partial charge < -0.3 is 10.2 Å². The van der Waals surface area contributed by atoms with Crippen molar-refractivity contribution in [2.75, 3.05) is 34.0 Å². The molecule has 0 bridgehead atoms. The summed E-state index contributed by atoms with van der Waals surface area (Å²) in [6.45, 7) is 4.07. The van der Waals surface area contributed by atoms with Crippen molar-refractivity contribution in [2.45, 2.75) is 49.4 Å². The first-order chi connectivity index (χ1) is 14.1. The number of anilines is 3. The fourth-order valence-corrected chi connectivity index (χ4v) is 5.11. The molecule has 2 fully saturated rings. The van der Waals surface area contributed by atoms with Gasteiger partial charge in [-0.3, -0.25) is 14.5 Å². The predicted molar refractivity (Wildman–Crippen MR) is 118 cm³/mol. The third kappa shape index (κ3) is 5.08. The third-order valence-electron chi connectivity index (χ3n) is 5.03. The molecule has 29 heavy (non-hydrogen) atoms. The van der Waals surface area contributed by atoms with E-state index in [1.165, 1.54) is 41.6 Å². The second-order valence-corrected chi connectivity index (χ2v) is 9.46. The van der Waals surface area contributed by atoms with E-state index in [2.05, 4.69) is 32.5 Å². The molecule has 1 saturated heterocycles. The molecule has 1 aromatic heterocycles. The molecule has 2 aliphatic rings. The Kier molecular flexibility index (Phi) is 6.34. The van der Waals surface area contributed by atoms with Crippen molar-refractivity contribution in [3.63, 3.8) is 0 Å². The highest BCUT2D eigenvalue weighted by Gasteiger charge is 2.35. The topological polar surface area (TPSA) is 78.4 Å². The van der Waals surface area contributed by atoms with Crippen LogP contribution >= 0.6 is 23.1 Å². The van der Waals surface area contributed by atoms with Gasteiger partial charge in [0.15, 0.2) is 4.34 Å². The highest BCUT2D eigenvalue weighted by molar-refractivity contribution is 8.01. The van der Waals surface area contributed by atoms with Crippen LogP contribution in [0.5, 0.6) is 0 Å². The van der Waals surface area contributed by atoms with Crippen molar-refractivity contribution in [1.82, 2.24) is 10.2 Å². The lowest BCUT2D eigenvalue weighted by molar-refractivity contribution is -0.118. The monoisotopic (exact) mass is 431 g/mol. The molecule has 0 unspecified atom stereocenters. The van der Waals surface area contributed by atoms with Gasteiger partial charge in [-0.1, -0.05) is 30.0 Å². The van der Waals surface area contributed by atoms with E-state index in [-0.39, 0.29) is 23.6 Å². The van der Waals surface area contributed by atoms with Crippen LogP contribution in [0.25, 0.3) is 0 Å². The minimum atomic E-state index is -0.0793. The Bertz CT molecular complexity index is 860. The number of rotatable bonds is 8. The molecular formula is C20H25N5O2S2. The van der Waals surface area contributed by atoms with Crippen LogP contribution in [0.3, 0.4) is 0 Å². The average Bonchev–Trinajstić information content (AvgIpc) is 3.21. The molecule has 1 aliphatic carbocycles. The van der Waals surface area contributed by atoms with E-state index in [0.717, 1.165) is 31.6 Å². The van der Waals surface area contributed by atoms with E-state index in [4.69, 9.17) is 0 Å².